The summed E-state index contributed by atoms with van der Waals surface area (Å²) in [5.74, 6) is -1.33. The lowest BCUT2D eigenvalue weighted by Gasteiger charge is -2.11. The largest absolute Gasteiger partial charge is 0.493 e. The van der Waals surface area contributed by atoms with Gasteiger partial charge in [-0.15, -0.1) is 0 Å². The van der Waals surface area contributed by atoms with Crippen LogP contribution in [0.5, 0.6) is 11.5 Å². The number of rotatable bonds is 6. The van der Waals surface area contributed by atoms with Crippen LogP contribution in [0.15, 0.2) is 53.1 Å². The molecule has 6 nitrogen and oxygen atoms in total. The summed E-state index contributed by atoms with van der Waals surface area (Å²) < 4.78 is 52.7. The first-order chi connectivity index (χ1) is 13.0. The number of carbonyl (C=O) groups is 1. The Morgan fingerprint density at radius 1 is 1.15 bits per heavy atom. The Kier molecular flexibility index (Phi) is 5.30. The van der Waals surface area contributed by atoms with Crippen LogP contribution in [-0.4, -0.2) is 24.8 Å². The summed E-state index contributed by atoms with van der Waals surface area (Å²) in [5, 5.41) is 6.16. The van der Waals surface area contributed by atoms with Crippen LogP contribution in [0.4, 0.5) is 19.1 Å². The molecule has 1 N–H and O–H groups in total. The molecule has 0 bridgehead atoms. The number of hydrogen-bond acceptors (Lipinski definition) is 5. The molecular weight excluding hydrogens is 365 g/mol. The highest BCUT2D eigenvalue weighted by atomic mass is 19.3. The Morgan fingerprint density at radius 3 is 2.63 bits per heavy atom. The SMILES string of the molecule is COc1cc(C(=O)Nc2cc(-c3ccccc3F)no2)ccc1OC(F)F. The molecule has 27 heavy (non-hydrogen) atoms. The van der Waals surface area contributed by atoms with Gasteiger partial charge in [0.15, 0.2) is 11.5 Å². The quantitative estimate of drug-likeness (QED) is 0.691. The summed E-state index contributed by atoms with van der Waals surface area (Å²) in [7, 11) is 1.26. The predicted molar refractivity (Wildman–Crippen MR) is 89.5 cm³/mol. The van der Waals surface area contributed by atoms with Gasteiger partial charge in [0, 0.05) is 17.2 Å². The molecule has 9 heteroatoms. The van der Waals surface area contributed by atoms with Crippen LogP contribution in [0.2, 0.25) is 0 Å². The number of carbonyl (C=O) groups excluding carboxylic acids is 1. The van der Waals surface area contributed by atoms with Gasteiger partial charge in [-0.1, -0.05) is 17.3 Å². The van der Waals surface area contributed by atoms with Gasteiger partial charge in [0.1, 0.15) is 11.5 Å². The number of anilines is 1. The van der Waals surface area contributed by atoms with Crippen molar-refractivity contribution in [3.63, 3.8) is 0 Å². The standard InChI is InChI=1S/C18H13F3N2O4/c1-25-15-8-10(6-7-14(15)26-18(20)21)17(24)22-16-9-13(23-27-16)11-4-2-3-5-12(11)19/h2-9,18H,1H3,(H,22,24). The molecule has 0 aliphatic rings. The van der Waals surface area contributed by atoms with E-state index in [1.807, 2.05) is 0 Å². The first-order valence-electron chi connectivity index (χ1n) is 7.63. The molecule has 1 amide bonds. The second-order valence-corrected chi connectivity index (χ2v) is 5.25. The molecule has 0 aliphatic heterocycles. The zero-order chi connectivity index (χ0) is 19.4. The van der Waals surface area contributed by atoms with E-state index < -0.39 is 18.3 Å². The summed E-state index contributed by atoms with van der Waals surface area (Å²) in [6, 6.07) is 11.0. The van der Waals surface area contributed by atoms with Crippen LogP contribution in [0.1, 0.15) is 10.4 Å². The lowest BCUT2D eigenvalue weighted by atomic mass is 10.1. The molecule has 0 unspecified atom stereocenters. The van der Waals surface area contributed by atoms with Gasteiger partial charge < -0.3 is 14.0 Å². The lowest BCUT2D eigenvalue weighted by molar-refractivity contribution is -0.0512. The highest BCUT2D eigenvalue weighted by molar-refractivity contribution is 6.04. The summed E-state index contributed by atoms with van der Waals surface area (Å²) in [4.78, 5) is 12.3. The first-order valence-corrected chi connectivity index (χ1v) is 7.63. The number of aromatic nitrogens is 1. The number of benzene rings is 2. The number of halogens is 3. The molecule has 1 heterocycles. The summed E-state index contributed by atoms with van der Waals surface area (Å²) in [6.07, 6.45) is 0. The van der Waals surface area contributed by atoms with E-state index in [-0.39, 0.29) is 34.2 Å². The zero-order valence-electron chi connectivity index (χ0n) is 13.9. The van der Waals surface area contributed by atoms with Crippen molar-refractivity contribution in [2.45, 2.75) is 6.61 Å². The maximum Gasteiger partial charge on any atom is 0.387 e. The third-order valence-corrected chi connectivity index (χ3v) is 3.54. The fourth-order valence-corrected chi connectivity index (χ4v) is 2.32. The molecule has 0 saturated heterocycles. The number of amides is 1. The number of alkyl halides is 2. The minimum Gasteiger partial charge on any atom is -0.493 e. The maximum atomic E-state index is 13.8. The van der Waals surface area contributed by atoms with E-state index in [9.17, 15) is 18.0 Å². The Labute approximate surface area is 151 Å². The van der Waals surface area contributed by atoms with E-state index >= 15 is 0 Å². The van der Waals surface area contributed by atoms with Gasteiger partial charge in [-0.3, -0.25) is 10.1 Å². The van der Waals surface area contributed by atoms with Crippen LogP contribution in [0.25, 0.3) is 11.3 Å². The Hall–Kier alpha value is -3.49. The van der Waals surface area contributed by atoms with E-state index in [4.69, 9.17) is 9.26 Å². The van der Waals surface area contributed by atoms with Crippen LogP contribution >= 0.6 is 0 Å². The molecule has 2 aromatic carbocycles. The topological polar surface area (TPSA) is 73.6 Å². The summed E-state index contributed by atoms with van der Waals surface area (Å²) in [5.41, 5.74) is 0.538. The van der Waals surface area contributed by atoms with Gasteiger partial charge in [0.05, 0.1) is 7.11 Å². The predicted octanol–water partition coefficient (Wildman–Crippen LogP) is 4.34. The summed E-state index contributed by atoms with van der Waals surface area (Å²) >= 11 is 0. The Morgan fingerprint density at radius 2 is 1.93 bits per heavy atom. The molecule has 0 saturated carbocycles. The van der Waals surface area contributed by atoms with Crippen molar-refractivity contribution in [2.75, 3.05) is 12.4 Å². The smallest absolute Gasteiger partial charge is 0.387 e. The average Bonchev–Trinajstić information content (AvgIpc) is 3.10. The minimum absolute atomic E-state index is 0.00914. The van der Waals surface area contributed by atoms with Crippen molar-refractivity contribution in [3.8, 4) is 22.8 Å². The van der Waals surface area contributed by atoms with E-state index in [0.29, 0.717) is 0 Å². The highest BCUT2D eigenvalue weighted by Crippen LogP contribution is 2.30. The molecule has 0 radical (unpaired) electrons. The van der Waals surface area contributed by atoms with Crippen LogP contribution in [0, 0.1) is 5.82 Å². The van der Waals surface area contributed by atoms with E-state index in [1.54, 1.807) is 6.07 Å². The van der Waals surface area contributed by atoms with Gasteiger partial charge in [0.2, 0.25) is 5.88 Å². The van der Waals surface area contributed by atoms with E-state index in [0.717, 1.165) is 0 Å². The molecule has 0 aliphatic carbocycles. The molecule has 140 valence electrons. The Balaban J connectivity index is 1.77. The van der Waals surface area contributed by atoms with Crippen molar-refractivity contribution in [1.29, 1.82) is 0 Å². The highest BCUT2D eigenvalue weighted by Gasteiger charge is 2.16. The fourth-order valence-electron chi connectivity index (χ4n) is 2.32. The molecule has 0 fully saturated rings. The number of hydrogen-bond donors (Lipinski definition) is 1. The maximum absolute atomic E-state index is 13.8. The van der Waals surface area contributed by atoms with E-state index in [2.05, 4.69) is 15.2 Å². The monoisotopic (exact) mass is 378 g/mol. The van der Waals surface area contributed by atoms with Crippen LogP contribution in [-0.2, 0) is 0 Å². The number of ether oxygens (including phenoxy) is 2. The normalized spacial score (nSPS) is 10.7. The van der Waals surface area contributed by atoms with Gasteiger partial charge >= 0.3 is 6.61 Å². The second kappa shape index (κ2) is 7.81. The van der Waals surface area contributed by atoms with Gasteiger partial charge in [-0.25, -0.2) is 4.39 Å². The molecular formula is C18H13F3N2O4. The van der Waals surface area contributed by atoms with Crippen molar-refractivity contribution in [1.82, 2.24) is 5.16 Å². The van der Waals surface area contributed by atoms with Crippen LogP contribution < -0.4 is 14.8 Å². The Bertz CT molecular complexity index is 959. The molecule has 3 rings (SSSR count). The van der Waals surface area contributed by atoms with Gasteiger partial charge in [-0.05, 0) is 30.3 Å². The van der Waals surface area contributed by atoms with Gasteiger partial charge in [-0.2, -0.15) is 8.78 Å². The first kappa shape index (κ1) is 18.3. The number of nitrogens with one attached hydrogen (secondary N) is 1. The lowest BCUT2D eigenvalue weighted by Crippen LogP contribution is -2.12. The van der Waals surface area contributed by atoms with Crippen LogP contribution in [0.3, 0.4) is 0 Å². The van der Waals surface area contributed by atoms with Crippen molar-refractivity contribution >= 4 is 11.8 Å². The third-order valence-electron chi connectivity index (χ3n) is 3.54. The van der Waals surface area contributed by atoms with Crippen molar-refractivity contribution < 1.29 is 32.0 Å². The fraction of sp³-hybridized carbons (Fsp3) is 0.111. The van der Waals surface area contributed by atoms with Gasteiger partial charge in [0.25, 0.3) is 5.91 Å². The number of nitrogens with zero attached hydrogens (tertiary/aromatic N) is 1. The zero-order valence-corrected chi connectivity index (χ0v) is 13.9. The second-order valence-electron chi connectivity index (χ2n) is 5.25. The number of methoxy groups -OCH3 is 1. The molecule has 3 aromatic rings. The van der Waals surface area contributed by atoms with Crippen molar-refractivity contribution in [2.24, 2.45) is 0 Å². The van der Waals surface area contributed by atoms with Crippen molar-refractivity contribution in [3.05, 3.63) is 59.9 Å². The molecule has 0 spiro atoms. The summed E-state index contributed by atoms with van der Waals surface area (Å²) in [6.45, 7) is -3.02. The van der Waals surface area contributed by atoms with E-state index in [1.165, 1.54) is 49.6 Å². The molecule has 0 atom stereocenters. The average molecular weight is 378 g/mol. The third kappa shape index (κ3) is 4.20. The minimum atomic E-state index is -3.02. The molecule has 1 aromatic heterocycles.